The highest BCUT2D eigenvalue weighted by Gasteiger charge is 2.12. The molecule has 0 saturated carbocycles. The van der Waals surface area contributed by atoms with E-state index in [2.05, 4.69) is 0 Å². The Balaban J connectivity index is 2.97. The summed E-state index contributed by atoms with van der Waals surface area (Å²) in [6.07, 6.45) is 4.13. The summed E-state index contributed by atoms with van der Waals surface area (Å²) in [6.45, 7) is 6.52. The molecule has 22 heavy (non-hydrogen) atoms. The van der Waals surface area contributed by atoms with Gasteiger partial charge in [0.25, 0.3) is 0 Å². The lowest BCUT2D eigenvalue weighted by Gasteiger charge is -2.19. The van der Waals surface area contributed by atoms with E-state index < -0.39 is 0 Å². The lowest BCUT2D eigenvalue weighted by Crippen LogP contribution is -2.31. The van der Waals surface area contributed by atoms with E-state index in [0.29, 0.717) is 23.1 Å². The molecule has 1 rings (SSSR count). The first-order chi connectivity index (χ1) is 10.4. The van der Waals surface area contributed by atoms with Crippen molar-refractivity contribution in [2.45, 2.75) is 33.2 Å². The van der Waals surface area contributed by atoms with E-state index in [4.69, 9.17) is 21.1 Å². The summed E-state index contributed by atoms with van der Waals surface area (Å²) in [5, 5.41) is 0.470. The molecule has 4 nitrogen and oxygen atoms in total. The van der Waals surface area contributed by atoms with Gasteiger partial charge in [0, 0.05) is 19.2 Å². The summed E-state index contributed by atoms with van der Waals surface area (Å²) in [7, 11) is 3.34. The van der Waals surface area contributed by atoms with Crippen LogP contribution in [0.2, 0.25) is 5.02 Å². The molecule has 5 heteroatoms. The van der Waals surface area contributed by atoms with Gasteiger partial charge in [0.05, 0.1) is 18.7 Å². The Hall–Kier alpha value is -1.68. The van der Waals surface area contributed by atoms with E-state index in [1.165, 1.54) is 6.08 Å². The topological polar surface area (TPSA) is 38.8 Å². The fraction of sp³-hybridized carbons (Fsp3) is 0.471. The number of benzene rings is 1. The number of nitrogens with zero attached hydrogens (tertiary/aromatic N) is 1. The van der Waals surface area contributed by atoms with Crippen LogP contribution in [-0.4, -0.2) is 37.6 Å². The summed E-state index contributed by atoms with van der Waals surface area (Å²) >= 11 is 6.24. The van der Waals surface area contributed by atoms with Crippen molar-refractivity contribution in [1.82, 2.24) is 4.90 Å². The number of rotatable bonds is 7. The predicted molar refractivity (Wildman–Crippen MR) is 90.7 cm³/mol. The number of hydrogen-bond donors (Lipinski definition) is 0. The smallest absolute Gasteiger partial charge is 0.246 e. The van der Waals surface area contributed by atoms with E-state index in [1.807, 2.05) is 20.8 Å². The fourth-order valence-corrected chi connectivity index (χ4v) is 1.99. The molecule has 0 atom stereocenters. The Morgan fingerprint density at radius 3 is 2.64 bits per heavy atom. The van der Waals surface area contributed by atoms with Crippen LogP contribution in [0.4, 0.5) is 0 Å². The van der Waals surface area contributed by atoms with E-state index in [0.717, 1.165) is 12.0 Å². The van der Waals surface area contributed by atoms with Gasteiger partial charge in [-0.3, -0.25) is 4.79 Å². The van der Waals surface area contributed by atoms with Gasteiger partial charge >= 0.3 is 0 Å². The molecule has 0 fully saturated rings. The van der Waals surface area contributed by atoms with Gasteiger partial charge in [-0.05, 0) is 44.0 Å². The molecule has 0 aromatic heterocycles. The van der Waals surface area contributed by atoms with Crippen LogP contribution < -0.4 is 9.47 Å². The van der Waals surface area contributed by atoms with Gasteiger partial charge in [-0.2, -0.15) is 0 Å². The number of methoxy groups -OCH3 is 1. The molecule has 0 aliphatic heterocycles. The number of amides is 1. The van der Waals surface area contributed by atoms with Crippen molar-refractivity contribution < 1.29 is 14.3 Å². The van der Waals surface area contributed by atoms with Gasteiger partial charge in [-0.25, -0.2) is 0 Å². The molecule has 0 spiro atoms. The Bertz CT molecular complexity index is 541. The molecule has 0 N–H and O–H groups in total. The first-order valence-corrected chi connectivity index (χ1v) is 7.73. The highest BCUT2D eigenvalue weighted by atomic mass is 35.5. The van der Waals surface area contributed by atoms with E-state index in [-0.39, 0.29) is 11.9 Å². The van der Waals surface area contributed by atoms with Gasteiger partial charge in [-0.15, -0.1) is 0 Å². The van der Waals surface area contributed by atoms with E-state index >= 15 is 0 Å². The third-order valence-electron chi connectivity index (χ3n) is 3.24. The summed E-state index contributed by atoms with van der Waals surface area (Å²) in [4.78, 5) is 13.6. The van der Waals surface area contributed by atoms with Crippen molar-refractivity contribution in [3.05, 3.63) is 28.8 Å². The number of likely N-dealkylation sites (N-methyl/N-ethyl adjacent to an activating group) is 1. The van der Waals surface area contributed by atoms with Gasteiger partial charge in [-0.1, -0.05) is 18.5 Å². The molecule has 1 aromatic rings. The average molecular weight is 326 g/mol. The Morgan fingerprint density at radius 2 is 2.09 bits per heavy atom. The Morgan fingerprint density at radius 1 is 1.41 bits per heavy atom. The maximum atomic E-state index is 12.0. The number of hydrogen-bond acceptors (Lipinski definition) is 3. The molecule has 0 aliphatic rings. The summed E-state index contributed by atoms with van der Waals surface area (Å²) in [5.41, 5.74) is 0.788. The number of carbonyl (C=O) groups is 1. The molecule has 0 unspecified atom stereocenters. The molecular formula is C17H24ClNO3. The maximum absolute atomic E-state index is 12.0. The summed E-state index contributed by atoms with van der Waals surface area (Å²) in [5.74, 6) is 1.04. The van der Waals surface area contributed by atoms with Crippen molar-refractivity contribution >= 4 is 23.6 Å². The first kappa shape index (κ1) is 18.4. The van der Waals surface area contributed by atoms with E-state index in [1.54, 1.807) is 37.3 Å². The zero-order valence-corrected chi connectivity index (χ0v) is 14.6. The molecule has 0 radical (unpaired) electrons. The van der Waals surface area contributed by atoms with Gasteiger partial charge < -0.3 is 14.4 Å². The quantitative estimate of drug-likeness (QED) is 0.711. The minimum absolute atomic E-state index is 0.0589. The lowest BCUT2D eigenvalue weighted by atomic mass is 10.1. The molecule has 1 aromatic carbocycles. The summed E-state index contributed by atoms with van der Waals surface area (Å²) < 4.78 is 10.9. The normalized spacial score (nSPS) is 11.0. The molecule has 0 bridgehead atoms. The molecule has 0 heterocycles. The van der Waals surface area contributed by atoms with Crippen molar-refractivity contribution in [2.24, 2.45) is 0 Å². The maximum Gasteiger partial charge on any atom is 0.246 e. The molecule has 0 saturated heterocycles. The van der Waals surface area contributed by atoms with Crippen molar-refractivity contribution in [3.63, 3.8) is 0 Å². The number of carbonyl (C=O) groups excluding carboxylic acids is 1. The lowest BCUT2D eigenvalue weighted by molar-refractivity contribution is -0.126. The minimum atomic E-state index is -0.0589. The van der Waals surface area contributed by atoms with Crippen LogP contribution in [0.5, 0.6) is 11.5 Å². The standard InChI is InChI=1S/C17H24ClNO3/c1-6-9-22-17-14(18)10-13(11-15(17)21-5)7-8-16(20)19(4)12(2)3/h7-8,10-12H,6,9H2,1-5H3/b8-7+. The van der Waals surface area contributed by atoms with Crippen LogP contribution in [0.25, 0.3) is 6.08 Å². The van der Waals surface area contributed by atoms with Gasteiger partial charge in [0.2, 0.25) is 5.91 Å². The highest BCUT2D eigenvalue weighted by Crippen LogP contribution is 2.36. The van der Waals surface area contributed by atoms with Crippen LogP contribution in [0, 0.1) is 0 Å². The second-order valence-electron chi connectivity index (χ2n) is 5.26. The zero-order valence-electron chi connectivity index (χ0n) is 13.9. The summed E-state index contributed by atoms with van der Waals surface area (Å²) in [6, 6.07) is 3.71. The predicted octanol–water partition coefficient (Wildman–Crippen LogP) is 4.02. The second-order valence-corrected chi connectivity index (χ2v) is 5.67. The second kappa shape index (κ2) is 8.69. The Kier molecular flexibility index (Phi) is 7.25. The molecule has 1 amide bonds. The third-order valence-corrected chi connectivity index (χ3v) is 3.52. The third kappa shape index (κ3) is 4.95. The van der Waals surface area contributed by atoms with Crippen molar-refractivity contribution in [2.75, 3.05) is 20.8 Å². The SMILES string of the molecule is CCCOc1c(Cl)cc(/C=C/C(=O)N(C)C(C)C)cc1OC. The largest absolute Gasteiger partial charge is 0.493 e. The molecule has 122 valence electrons. The molecular weight excluding hydrogens is 302 g/mol. The van der Waals surface area contributed by atoms with Crippen LogP contribution >= 0.6 is 11.6 Å². The number of ether oxygens (including phenoxy) is 2. The van der Waals surface area contributed by atoms with Crippen molar-refractivity contribution in [1.29, 1.82) is 0 Å². The van der Waals surface area contributed by atoms with Crippen molar-refractivity contribution in [3.8, 4) is 11.5 Å². The van der Waals surface area contributed by atoms with Crippen LogP contribution in [0.1, 0.15) is 32.8 Å². The fourth-order valence-electron chi connectivity index (χ4n) is 1.72. The Labute approximate surface area is 137 Å². The van der Waals surface area contributed by atoms with Gasteiger partial charge in [0.1, 0.15) is 0 Å². The zero-order chi connectivity index (χ0) is 16.7. The van der Waals surface area contributed by atoms with Crippen LogP contribution in [0.3, 0.4) is 0 Å². The highest BCUT2D eigenvalue weighted by molar-refractivity contribution is 6.32. The van der Waals surface area contributed by atoms with E-state index in [9.17, 15) is 4.79 Å². The van der Waals surface area contributed by atoms with Crippen LogP contribution in [-0.2, 0) is 4.79 Å². The van der Waals surface area contributed by atoms with Gasteiger partial charge in [0.15, 0.2) is 11.5 Å². The minimum Gasteiger partial charge on any atom is -0.493 e. The van der Waals surface area contributed by atoms with Crippen LogP contribution in [0.15, 0.2) is 18.2 Å². The first-order valence-electron chi connectivity index (χ1n) is 7.35. The monoisotopic (exact) mass is 325 g/mol. The molecule has 0 aliphatic carbocycles. The average Bonchev–Trinajstić information content (AvgIpc) is 2.49. The number of halogens is 1.